The van der Waals surface area contributed by atoms with Crippen molar-refractivity contribution in [2.24, 2.45) is 5.73 Å². The zero-order valence-corrected chi connectivity index (χ0v) is 13.0. The van der Waals surface area contributed by atoms with Crippen LogP contribution in [0.2, 0.25) is 10.0 Å². The largest absolute Gasteiger partial charge is 0.366 e. The average molecular weight is 347 g/mol. The first-order valence-electron chi connectivity index (χ1n) is 5.65. The van der Waals surface area contributed by atoms with E-state index in [2.05, 4.69) is 5.32 Å². The monoisotopic (exact) mass is 346 g/mol. The molecule has 0 atom stereocenters. The second-order valence-electron chi connectivity index (χ2n) is 4.16. The summed E-state index contributed by atoms with van der Waals surface area (Å²) in [6.07, 6.45) is 0. The van der Waals surface area contributed by atoms with E-state index in [1.54, 1.807) is 13.0 Å². The molecule has 1 heterocycles. The lowest BCUT2D eigenvalue weighted by molar-refractivity contribution is 0.100. The van der Waals surface area contributed by atoms with Crippen molar-refractivity contribution in [1.29, 1.82) is 0 Å². The van der Waals surface area contributed by atoms with E-state index < -0.39 is 17.6 Å². The van der Waals surface area contributed by atoms with Crippen molar-refractivity contribution in [2.75, 3.05) is 5.32 Å². The Bertz CT molecular complexity index is 746. The van der Waals surface area contributed by atoms with E-state index in [0.29, 0.717) is 0 Å². The van der Waals surface area contributed by atoms with E-state index >= 15 is 0 Å². The Hall–Kier alpha value is -1.63. The first-order valence-corrected chi connectivity index (χ1v) is 7.23. The van der Waals surface area contributed by atoms with Gasteiger partial charge in [-0.3, -0.25) is 9.59 Å². The SMILES string of the molecule is Cc1cc(C(N)=O)c(NC(=O)c2cc(F)c(Cl)cc2Cl)s1. The molecule has 0 aliphatic carbocycles. The lowest BCUT2D eigenvalue weighted by Crippen LogP contribution is -2.17. The zero-order chi connectivity index (χ0) is 15.7. The smallest absolute Gasteiger partial charge is 0.257 e. The number of carbonyl (C=O) groups excluding carboxylic acids is 2. The minimum Gasteiger partial charge on any atom is -0.366 e. The summed E-state index contributed by atoms with van der Waals surface area (Å²) in [5.74, 6) is -2.08. The number of thiophene rings is 1. The predicted octanol–water partition coefficient (Wildman–Crippen LogP) is 3.85. The molecular formula is C13H9Cl2FN2O2S. The summed E-state index contributed by atoms with van der Waals surface area (Å²) in [7, 11) is 0. The van der Waals surface area contributed by atoms with Crippen molar-refractivity contribution < 1.29 is 14.0 Å². The average Bonchev–Trinajstić information content (AvgIpc) is 2.74. The van der Waals surface area contributed by atoms with Gasteiger partial charge in [-0.25, -0.2) is 4.39 Å². The van der Waals surface area contributed by atoms with E-state index in [-0.39, 0.29) is 26.2 Å². The van der Waals surface area contributed by atoms with E-state index in [4.69, 9.17) is 28.9 Å². The van der Waals surface area contributed by atoms with E-state index in [9.17, 15) is 14.0 Å². The van der Waals surface area contributed by atoms with Gasteiger partial charge in [0.05, 0.1) is 21.2 Å². The Morgan fingerprint density at radius 3 is 2.48 bits per heavy atom. The van der Waals surface area contributed by atoms with Gasteiger partial charge in [-0.2, -0.15) is 0 Å². The number of rotatable bonds is 3. The molecule has 0 saturated heterocycles. The van der Waals surface area contributed by atoms with Crippen LogP contribution in [0.5, 0.6) is 0 Å². The summed E-state index contributed by atoms with van der Waals surface area (Å²) < 4.78 is 13.4. The van der Waals surface area contributed by atoms with Crippen molar-refractivity contribution in [2.45, 2.75) is 6.92 Å². The maximum atomic E-state index is 13.4. The normalized spacial score (nSPS) is 10.5. The second kappa shape index (κ2) is 6.01. The minimum atomic E-state index is -0.760. The molecule has 2 aromatic rings. The molecule has 0 fully saturated rings. The van der Waals surface area contributed by atoms with Gasteiger partial charge in [0.2, 0.25) is 0 Å². The number of hydrogen-bond donors (Lipinski definition) is 2. The van der Waals surface area contributed by atoms with Crippen LogP contribution in [-0.4, -0.2) is 11.8 Å². The van der Waals surface area contributed by atoms with Gasteiger partial charge in [-0.1, -0.05) is 23.2 Å². The molecule has 0 unspecified atom stereocenters. The third-order valence-corrected chi connectivity index (χ3v) is 4.17. The van der Waals surface area contributed by atoms with Crippen LogP contribution in [0.3, 0.4) is 0 Å². The fourth-order valence-corrected chi connectivity index (χ4v) is 3.04. The third-order valence-electron chi connectivity index (χ3n) is 2.60. The number of benzene rings is 1. The maximum absolute atomic E-state index is 13.4. The van der Waals surface area contributed by atoms with Gasteiger partial charge in [0.25, 0.3) is 11.8 Å². The molecule has 0 bridgehead atoms. The molecule has 0 saturated carbocycles. The Balaban J connectivity index is 2.35. The van der Waals surface area contributed by atoms with Crippen molar-refractivity contribution >= 4 is 51.4 Å². The zero-order valence-electron chi connectivity index (χ0n) is 10.7. The van der Waals surface area contributed by atoms with Crippen LogP contribution in [0.4, 0.5) is 9.39 Å². The van der Waals surface area contributed by atoms with Gasteiger partial charge in [0.15, 0.2) is 0 Å². The highest BCUT2D eigenvalue weighted by Crippen LogP contribution is 2.29. The van der Waals surface area contributed by atoms with Crippen LogP contribution in [0, 0.1) is 12.7 Å². The van der Waals surface area contributed by atoms with Gasteiger partial charge in [-0.05, 0) is 25.1 Å². The summed E-state index contributed by atoms with van der Waals surface area (Å²) in [4.78, 5) is 24.2. The molecule has 0 radical (unpaired) electrons. The number of nitrogens with two attached hydrogens (primary N) is 1. The Kier molecular flexibility index (Phi) is 4.51. The maximum Gasteiger partial charge on any atom is 0.257 e. The van der Waals surface area contributed by atoms with Crippen LogP contribution in [0.15, 0.2) is 18.2 Å². The number of anilines is 1. The second-order valence-corrected chi connectivity index (χ2v) is 6.24. The summed E-state index contributed by atoms with van der Waals surface area (Å²) in [6.45, 7) is 1.77. The van der Waals surface area contributed by atoms with Crippen molar-refractivity contribution in [3.63, 3.8) is 0 Å². The van der Waals surface area contributed by atoms with Gasteiger partial charge in [0, 0.05) is 4.88 Å². The highest BCUT2D eigenvalue weighted by Gasteiger charge is 2.18. The van der Waals surface area contributed by atoms with E-state index in [0.717, 1.165) is 17.0 Å². The number of halogens is 3. The fourth-order valence-electron chi connectivity index (χ4n) is 1.66. The predicted molar refractivity (Wildman–Crippen MR) is 81.9 cm³/mol. The van der Waals surface area contributed by atoms with Crippen LogP contribution >= 0.6 is 34.5 Å². The number of nitrogens with one attached hydrogen (secondary N) is 1. The number of primary amides is 1. The molecule has 2 amide bonds. The van der Waals surface area contributed by atoms with Gasteiger partial charge in [0.1, 0.15) is 10.8 Å². The molecule has 0 aliphatic rings. The van der Waals surface area contributed by atoms with Crippen LogP contribution in [0.25, 0.3) is 0 Å². The molecular weight excluding hydrogens is 338 g/mol. The van der Waals surface area contributed by atoms with E-state index in [1.165, 1.54) is 11.3 Å². The topological polar surface area (TPSA) is 72.2 Å². The summed E-state index contributed by atoms with van der Waals surface area (Å²) in [5, 5.41) is 2.62. The minimum absolute atomic E-state index is 0.00723. The van der Waals surface area contributed by atoms with Gasteiger partial charge < -0.3 is 11.1 Å². The van der Waals surface area contributed by atoms with Crippen molar-refractivity contribution in [3.05, 3.63) is 50.1 Å². The molecule has 110 valence electrons. The third kappa shape index (κ3) is 3.34. The molecule has 21 heavy (non-hydrogen) atoms. The van der Waals surface area contributed by atoms with Crippen molar-refractivity contribution in [1.82, 2.24) is 0 Å². The van der Waals surface area contributed by atoms with Crippen LogP contribution < -0.4 is 11.1 Å². The molecule has 0 spiro atoms. The molecule has 1 aromatic carbocycles. The lowest BCUT2D eigenvalue weighted by atomic mass is 10.2. The first kappa shape index (κ1) is 15.8. The first-order chi connectivity index (χ1) is 9.79. The summed E-state index contributed by atoms with van der Waals surface area (Å²) in [5.41, 5.74) is 5.34. The van der Waals surface area contributed by atoms with Crippen LogP contribution in [-0.2, 0) is 0 Å². The molecule has 8 heteroatoms. The molecule has 3 N–H and O–H groups in total. The number of hydrogen-bond acceptors (Lipinski definition) is 3. The standard InChI is InChI=1S/C13H9Cl2FN2O2S/c1-5-2-7(11(17)19)13(21-5)18-12(20)6-3-10(16)9(15)4-8(6)14/h2-4H,1H3,(H2,17,19)(H,18,20). The van der Waals surface area contributed by atoms with Gasteiger partial charge >= 0.3 is 0 Å². The molecule has 1 aromatic heterocycles. The lowest BCUT2D eigenvalue weighted by Gasteiger charge is -2.07. The molecule has 0 aliphatic heterocycles. The highest BCUT2D eigenvalue weighted by atomic mass is 35.5. The quantitative estimate of drug-likeness (QED) is 0.828. The number of aryl methyl sites for hydroxylation is 1. The summed E-state index contributed by atoms with van der Waals surface area (Å²) in [6, 6.07) is 3.64. The van der Waals surface area contributed by atoms with E-state index in [1.807, 2.05) is 0 Å². The number of carbonyl (C=O) groups is 2. The Morgan fingerprint density at radius 2 is 1.86 bits per heavy atom. The Morgan fingerprint density at radius 1 is 1.19 bits per heavy atom. The van der Waals surface area contributed by atoms with Crippen molar-refractivity contribution in [3.8, 4) is 0 Å². The molecule has 2 rings (SSSR count). The Labute approximate surface area is 133 Å². The highest BCUT2D eigenvalue weighted by molar-refractivity contribution is 7.16. The molecule has 4 nitrogen and oxygen atoms in total. The van der Waals surface area contributed by atoms with Gasteiger partial charge in [-0.15, -0.1) is 11.3 Å². The number of amides is 2. The summed E-state index contributed by atoms with van der Waals surface area (Å²) >= 11 is 12.6. The fraction of sp³-hybridized carbons (Fsp3) is 0.0769. The van der Waals surface area contributed by atoms with Crippen LogP contribution in [0.1, 0.15) is 25.6 Å².